The molecule has 1 atom stereocenters. The molecule has 0 heterocycles. The van der Waals surface area contributed by atoms with Crippen molar-refractivity contribution in [3.8, 4) is 12.3 Å². The summed E-state index contributed by atoms with van der Waals surface area (Å²) in [6.07, 6.45) is 6.61. The van der Waals surface area contributed by atoms with Crippen LogP contribution in [0.1, 0.15) is 25.3 Å². The summed E-state index contributed by atoms with van der Waals surface area (Å²) in [5.74, 6) is 2.21. The third kappa shape index (κ3) is 4.14. The normalized spacial score (nSPS) is 14.3. The molecule has 0 spiro atoms. The summed E-state index contributed by atoms with van der Waals surface area (Å²) in [5, 5.41) is 9.97. The molecule has 0 aliphatic carbocycles. The SMILES string of the molecule is C#CCCC(C)(O)Cc1cccc(F)c1. The minimum atomic E-state index is -0.861. The van der Waals surface area contributed by atoms with Crippen molar-refractivity contribution in [1.82, 2.24) is 0 Å². The Morgan fingerprint density at radius 2 is 2.27 bits per heavy atom. The molecule has 80 valence electrons. The van der Waals surface area contributed by atoms with Crippen LogP contribution in [0, 0.1) is 18.2 Å². The summed E-state index contributed by atoms with van der Waals surface area (Å²) < 4.78 is 12.9. The third-order valence-corrected chi connectivity index (χ3v) is 2.28. The van der Waals surface area contributed by atoms with Crippen LogP contribution in [-0.4, -0.2) is 10.7 Å². The molecule has 15 heavy (non-hydrogen) atoms. The molecule has 0 aliphatic rings. The Balaban J connectivity index is 2.65. The van der Waals surface area contributed by atoms with E-state index >= 15 is 0 Å². The Morgan fingerprint density at radius 3 is 2.87 bits per heavy atom. The fourth-order valence-electron chi connectivity index (χ4n) is 1.52. The Hall–Kier alpha value is -1.33. The van der Waals surface area contributed by atoms with E-state index in [9.17, 15) is 9.50 Å². The predicted molar refractivity (Wildman–Crippen MR) is 58.8 cm³/mol. The fraction of sp³-hybridized carbons (Fsp3) is 0.385. The number of hydrogen-bond donors (Lipinski definition) is 1. The Bertz CT molecular complexity index is 363. The monoisotopic (exact) mass is 206 g/mol. The van der Waals surface area contributed by atoms with Crippen molar-refractivity contribution in [2.45, 2.75) is 31.8 Å². The first-order valence-electron chi connectivity index (χ1n) is 4.94. The lowest BCUT2D eigenvalue weighted by Gasteiger charge is -2.22. The van der Waals surface area contributed by atoms with Gasteiger partial charge in [0.1, 0.15) is 5.82 Å². The van der Waals surface area contributed by atoms with Crippen LogP contribution in [0.4, 0.5) is 4.39 Å². The van der Waals surface area contributed by atoms with Gasteiger partial charge in [0.15, 0.2) is 0 Å². The zero-order valence-corrected chi connectivity index (χ0v) is 8.83. The van der Waals surface area contributed by atoms with Gasteiger partial charge in [-0.05, 0) is 31.0 Å². The lowest BCUT2D eigenvalue weighted by Crippen LogP contribution is -2.26. The molecule has 0 saturated heterocycles. The summed E-state index contributed by atoms with van der Waals surface area (Å²) in [5.41, 5.74) is -0.0720. The summed E-state index contributed by atoms with van der Waals surface area (Å²) >= 11 is 0. The molecule has 0 aliphatic heterocycles. The largest absolute Gasteiger partial charge is 0.390 e. The quantitative estimate of drug-likeness (QED) is 0.750. The molecular formula is C13H15FO. The molecular weight excluding hydrogens is 191 g/mol. The second kappa shape index (κ2) is 4.95. The summed E-state index contributed by atoms with van der Waals surface area (Å²) in [7, 11) is 0. The standard InChI is InChI=1S/C13H15FO/c1-3-4-8-13(2,15)10-11-6-5-7-12(14)9-11/h1,5-7,9,15H,4,8,10H2,2H3. The average molecular weight is 206 g/mol. The number of benzene rings is 1. The predicted octanol–water partition coefficient (Wildman–Crippen LogP) is 2.53. The first-order chi connectivity index (χ1) is 7.03. The van der Waals surface area contributed by atoms with Crippen LogP contribution in [-0.2, 0) is 6.42 Å². The van der Waals surface area contributed by atoms with Crippen LogP contribution in [0.5, 0.6) is 0 Å². The number of rotatable bonds is 4. The molecule has 0 fully saturated rings. The Morgan fingerprint density at radius 1 is 1.53 bits per heavy atom. The summed E-state index contributed by atoms with van der Waals surface area (Å²) in [4.78, 5) is 0. The lowest BCUT2D eigenvalue weighted by atomic mass is 9.92. The second-order valence-electron chi connectivity index (χ2n) is 4.01. The van der Waals surface area contributed by atoms with E-state index in [2.05, 4.69) is 5.92 Å². The van der Waals surface area contributed by atoms with E-state index in [-0.39, 0.29) is 5.82 Å². The van der Waals surface area contributed by atoms with Crippen molar-refractivity contribution >= 4 is 0 Å². The molecule has 0 aromatic heterocycles. The van der Waals surface area contributed by atoms with Gasteiger partial charge in [0.2, 0.25) is 0 Å². The van der Waals surface area contributed by atoms with E-state index in [1.165, 1.54) is 12.1 Å². The molecule has 1 unspecified atom stereocenters. The van der Waals surface area contributed by atoms with Crippen molar-refractivity contribution in [2.75, 3.05) is 0 Å². The maximum Gasteiger partial charge on any atom is 0.123 e. The Labute approximate surface area is 89.9 Å². The maximum atomic E-state index is 12.9. The number of terminal acetylenes is 1. The van der Waals surface area contributed by atoms with Crippen molar-refractivity contribution < 1.29 is 9.50 Å². The van der Waals surface area contributed by atoms with Crippen LogP contribution >= 0.6 is 0 Å². The van der Waals surface area contributed by atoms with E-state index in [0.29, 0.717) is 19.3 Å². The van der Waals surface area contributed by atoms with Crippen molar-refractivity contribution in [3.05, 3.63) is 35.6 Å². The molecule has 2 heteroatoms. The molecule has 0 saturated carbocycles. The molecule has 1 N–H and O–H groups in total. The van der Waals surface area contributed by atoms with Crippen LogP contribution < -0.4 is 0 Å². The van der Waals surface area contributed by atoms with Crippen LogP contribution in [0.25, 0.3) is 0 Å². The highest BCUT2D eigenvalue weighted by Crippen LogP contribution is 2.18. The zero-order chi connectivity index (χ0) is 11.3. The smallest absolute Gasteiger partial charge is 0.123 e. The first kappa shape index (κ1) is 11.7. The Kier molecular flexibility index (Phi) is 3.88. The van der Waals surface area contributed by atoms with Gasteiger partial charge in [0.05, 0.1) is 5.60 Å². The van der Waals surface area contributed by atoms with E-state index in [1.807, 2.05) is 0 Å². The highest BCUT2D eigenvalue weighted by Gasteiger charge is 2.20. The van der Waals surface area contributed by atoms with Gasteiger partial charge in [-0.2, -0.15) is 0 Å². The third-order valence-electron chi connectivity index (χ3n) is 2.28. The van der Waals surface area contributed by atoms with Crippen LogP contribution in [0.2, 0.25) is 0 Å². The van der Waals surface area contributed by atoms with Crippen molar-refractivity contribution in [2.24, 2.45) is 0 Å². The molecule has 1 rings (SSSR count). The van der Waals surface area contributed by atoms with E-state index < -0.39 is 5.60 Å². The van der Waals surface area contributed by atoms with Crippen molar-refractivity contribution in [3.63, 3.8) is 0 Å². The number of halogens is 1. The van der Waals surface area contributed by atoms with E-state index in [1.54, 1.807) is 19.1 Å². The minimum Gasteiger partial charge on any atom is -0.390 e. The fourth-order valence-corrected chi connectivity index (χ4v) is 1.52. The van der Waals surface area contributed by atoms with Gasteiger partial charge in [-0.1, -0.05) is 12.1 Å². The van der Waals surface area contributed by atoms with Gasteiger partial charge in [0, 0.05) is 12.8 Å². The summed E-state index contributed by atoms with van der Waals surface area (Å²) in [6.45, 7) is 1.72. The zero-order valence-electron chi connectivity index (χ0n) is 8.83. The van der Waals surface area contributed by atoms with Gasteiger partial charge in [-0.25, -0.2) is 4.39 Å². The van der Waals surface area contributed by atoms with Gasteiger partial charge in [-0.3, -0.25) is 0 Å². The number of aliphatic hydroxyl groups is 1. The van der Waals surface area contributed by atoms with Crippen LogP contribution in [0.3, 0.4) is 0 Å². The molecule has 1 aromatic rings. The first-order valence-corrected chi connectivity index (χ1v) is 4.94. The maximum absolute atomic E-state index is 12.9. The topological polar surface area (TPSA) is 20.2 Å². The number of hydrogen-bond acceptors (Lipinski definition) is 1. The minimum absolute atomic E-state index is 0.278. The van der Waals surface area contributed by atoms with Crippen molar-refractivity contribution in [1.29, 1.82) is 0 Å². The molecule has 0 bridgehead atoms. The molecule has 0 amide bonds. The van der Waals surface area contributed by atoms with Gasteiger partial charge >= 0.3 is 0 Å². The second-order valence-corrected chi connectivity index (χ2v) is 4.01. The van der Waals surface area contributed by atoms with Gasteiger partial charge in [0.25, 0.3) is 0 Å². The highest BCUT2D eigenvalue weighted by molar-refractivity contribution is 5.18. The molecule has 1 aromatic carbocycles. The van der Waals surface area contributed by atoms with E-state index in [4.69, 9.17) is 6.42 Å². The van der Waals surface area contributed by atoms with E-state index in [0.717, 1.165) is 5.56 Å². The highest BCUT2D eigenvalue weighted by atomic mass is 19.1. The lowest BCUT2D eigenvalue weighted by molar-refractivity contribution is 0.0528. The van der Waals surface area contributed by atoms with Crippen LogP contribution in [0.15, 0.2) is 24.3 Å². The van der Waals surface area contributed by atoms with Gasteiger partial charge < -0.3 is 5.11 Å². The van der Waals surface area contributed by atoms with Gasteiger partial charge in [-0.15, -0.1) is 12.3 Å². The average Bonchev–Trinajstić information content (AvgIpc) is 2.14. The molecule has 1 nitrogen and oxygen atoms in total. The molecule has 0 radical (unpaired) electrons. The summed E-state index contributed by atoms with van der Waals surface area (Å²) in [6, 6.07) is 6.26.